The molecule has 1 aromatic rings. The Hall–Kier alpha value is -2.15. The van der Waals surface area contributed by atoms with Gasteiger partial charge in [-0.1, -0.05) is 13.0 Å². The van der Waals surface area contributed by atoms with E-state index in [1.165, 1.54) is 5.56 Å². The van der Waals surface area contributed by atoms with Crippen LogP contribution in [0.15, 0.2) is 24.5 Å². The molecule has 1 aliphatic carbocycles. The Labute approximate surface area is 155 Å². The second-order valence-corrected chi connectivity index (χ2v) is 7.05. The predicted molar refractivity (Wildman–Crippen MR) is 100.0 cm³/mol. The first kappa shape index (κ1) is 20.2. The van der Waals surface area contributed by atoms with E-state index in [4.69, 9.17) is 5.11 Å². The number of nitrogens with one attached hydrogen (secondary N) is 2. The zero-order valence-electron chi connectivity index (χ0n) is 15.6. The minimum atomic E-state index is -0.805. The van der Waals surface area contributed by atoms with Gasteiger partial charge in [0.15, 0.2) is 0 Å². The van der Waals surface area contributed by atoms with E-state index in [1.807, 2.05) is 31.0 Å². The number of carbonyl (C=O) groups is 2. The van der Waals surface area contributed by atoms with Crippen LogP contribution in [0.5, 0.6) is 0 Å². The molecular formula is C19H30N4O3. The monoisotopic (exact) mass is 362 g/mol. The molecule has 0 aromatic carbocycles. The largest absolute Gasteiger partial charge is 0.480 e. The summed E-state index contributed by atoms with van der Waals surface area (Å²) < 4.78 is 0. The van der Waals surface area contributed by atoms with Gasteiger partial charge in [-0.05, 0) is 57.2 Å². The molecule has 7 nitrogen and oxygen atoms in total. The summed E-state index contributed by atoms with van der Waals surface area (Å²) in [5.74, 6) is -0.805. The van der Waals surface area contributed by atoms with Crippen molar-refractivity contribution in [2.24, 2.45) is 0 Å². The lowest BCUT2D eigenvalue weighted by molar-refractivity contribution is -0.139. The van der Waals surface area contributed by atoms with E-state index >= 15 is 0 Å². The number of pyridine rings is 1. The first-order valence-electron chi connectivity index (χ1n) is 9.39. The Morgan fingerprint density at radius 1 is 1.42 bits per heavy atom. The highest BCUT2D eigenvalue weighted by Crippen LogP contribution is 2.25. The summed E-state index contributed by atoms with van der Waals surface area (Å²) in [6.45, 7) is 4.75. The third kappa shape index (κ3) is 6.63. The van der Waals surface area contributed by atoms with Gasteiger partial charge >= 0.3 is 12.0 Å². The molecule has 26 heavy (non-hydrogen) atoms. The van der Waals surface area contributed by atoms with Crippen LogP contribution in [0.2, 0.25) is 0 Å². The number of amides is 2. The number of carboxylic acids is 1. The number of carboxylic acid groups (broad SMARTS) is 1. The van der Waals surface area contributed by atoms with E-state index in [0.717, 1.165) is 32.1 Å². The van der Waals surface area contributed by atoms with Crippen molar-refractivity contribution in [1.29, 1.82) is 0 Å². The molecule has 0 aliphatic heterocycles. The summed E-state index contributed by atoms with van der Waals surface area (Å²) in [7, 11) is 0. The van der Waals surface area contributed by atoms with E-state index in [-0.39, 0.29) is 30.7 Å². The van der Waals surface area contributed by atoms with Crippen LogP contribution >= 0.6 is 0 Å². The second-order valence-electron chi connectivity index (χ2n) is 7.05. The van der Waals surface area contributed by atoms with Crippen molar-refractivity contribution in [3.63, 3.8) is 0 Å². The third-order valence-electron chi connectivity index (χ3n) is 4.91. The summed E-state index contributed by atoms with van der Waals surface area (Å²) in [6.07, 6.45) is 8.14. The number of hydrogen-bond acceptors (Lipinski definition) is 4. The number of carbonyl (C=O) groups excluding carboxylic acids is 1. The van der Waals surface area contributed by atoms with Gasteiger partial charge in [0, 0.05) is 30.5 Å². The summed E-state index contributed by atoms with van der Waals surface area (Å²) in [4.78, 5) is 29.0. The molecule has 2 rings (SSSR count). The molecule has 7 heteroatoms. The van der Waals surface area contributed by atoms with E-state index in [0.29, 0.717) is 6.54 Å². The predicted octanol–water partition coefficient (Wildman–Crippen LogP) is 2.03. The van der Waals surface area contributed by atoms with Crippen molar-refractivity contribution >= 4 is 12.0 Å². The molecule has 3 N–H and O–H groups in total. The molecule has 0 radical (unpaired) electrons. The van der Waals surface area contributed by atoms with Crippen LogP contribution in [0.25, 0.3) is 0 Å². The van der Waals surface area contributed by atoms with Crippen molar-refractivity contribution in [3.05, 3.63) is 30.1 Å². The van der Waals surface area contributed by atoms with Crippen molar-refractivity contribution in [2.45, 2.75) is 64.1 Å². The number of aliphatic carboxylic acids is 1. The van der Waals surface area contributed by atoms with Crippen LogP contribution in [0.1, 0.15) is 45.1 Å². The quantitative estimate of drug-likeness (QED) is 0.592. The molecule has 0 bridgehead atoms. The maximum Gasteiger partial charge on any atom is 0.317 e. The average molecular weight is 362 g/mol. The summed E-state index contributed by atoms with van der Waals surface area (Å²) in [6, 6.07) is 4.36. The minimum Gasteiger partial charge on any atom is -0.480 e. The molecule has 1 atom stereocenters. The summed E-state index contributed by atoms with van der Waals surface area (Å²) in [5.41, 5.74) is 1.21. The zero-order valence-corrected chi connectivity index (χ0v) is 15.6. The fraction of sp³-hybridized carbons (Fsp3) is 0.632. The summed E-state index contributed by atoms with van der Waals surface area (Å²) in [5, 5.41) is 14.9. The first-order chi connectivity index (χ1) is 12.5. The van der Waals surface area contributed by atoms with Gasteiger partial charge in [-0.25, -0.2) is 4.79 Å². The molecular weight excluding hydrogens is 332 g/mol. The molecule has 1 unspecified atom stereocenters. The highest BCUT2D eigenvalue weighted by atomic mass is 16.4. The fourth-order valence-electron chi connectivity index (χ4n) is 3.36. The Bertz CT molecular complexity index is 575. The Morgan fingerprint density at radius 3 is 2.81 bits per heavy atom. The molecule has 1 heterocycles. The van der Waals surface area contributed by atoms with Crippen LogP contribution in [0.3, 0.4) is 0 Å². The zero-order chi connectivity index (χ0) is 18.9. The molecule has 2 amide bonds. The molecule has 0 saturated heterocycles. The topological polar surface area (TPSA) is 94.6 Å². The Kier molecular flexibility index (Phi) is 7.84. The van der Waals surface area contributed by atoms with Crippen LogP contribution in [0, 0.1) is 0 Å². The van der Waals surface area contributed by atoms with Gasteiger partial charge in [0.25, 0.3) is 0 Å². The fourth-order valence-corrected chi connectivity index (χ4v) is 3.36. The second kappa shape index (κ2) is 10.1. The van der Waals surface area contributed by atoms with Gasteiger partial charge in [-0.15, -0.1) is 0 Å². The lowest BCUT2D eigenvalue weighted by Gasteiger charge is -2.42. The van der Waals surface area contributed by atoms with E-state index < -0.39 is 5.97 Å². The smallest absolute Gasteiger partial charge is 0.317 e. The van der Waals surface area contributed by atoms with Crippen LogP contribution in [-0.2, 0) is 11.2 Å². The van der Waals surface area contributed by atoms with Crippen molar-refractivity contribution in [1.82, 2.24) is 20.5 Å². The number of aryl methyl sites for hydroxylation is 1. The van der Waals surface area contributed by atoms with Crippen LogP contribution < -0.4 is 10.6 Å². The van der Waals surface area contributed by atoms with Crippen molar-refractivity contribution in [2.75, 3.05) is 13.1 Å². The van der Waals surface area contributed by atoms with Crippen LogP contribution in [0.4, 0.5) is 4.79 Å². The van der Waals surface area contributed by atoms with Gasteiger partial charge in [-0.2, -0.15) is 0 Å². The molecule has 1 fully saturated rings. The molecule has 0 spiro atoms. The minimum absolute atomic E-state index is 0.0635. The number of hydrogen-bond donors (Lipinski definition) is 3. The van der Waals surface area contributed by atoms with E-state index in [2.05, 4.69) is 21.7 Å². The molecule has 1 aromatic heterocycles. The lowest BCUT2D eigenvalue weighted by Crippen LogP contribution is -2.57. The maximum atomic E-state index is 12.1. The number of nitrogens with zero attached hydrogens (tertiary/aromatic N) is 2. The van der Waals surface area contributed by atoms with Gasteiger partial charge < -0.3 is 15.7 Å². The SMILES string of the molecule is CCN(CC(=O)O)C1CC(NC(=O)NC(C)CCCc2cccnc2)C1. The van der Waals surface area contributed by atoms with Gasteiger partial charge in [0.2, 0.25) is 0 Å². The normalized spacial score (nSPS) is 20.3. The average Bonchev–Trinajstić information content (AvgIpc) is 2.56. The van der Waals surface area contributed by atoms with Crippen molar-refractivity contribution in [3.8, 4) is 0 Å². The third-order valence-corrected chi connectivity index (χ3v) is 4.91. The number of aromatic nitrogens is 1. The standard InChI is InChI=1S/C19H30N4O3/c1-3-23(13-18(24)25)17-10-16(11-17)22-19(26)21-14(2)6-4-7-15-8-5-9-20-12-15/h5,8-9,12,14,16-17H,3-4,6-7,10-11,13H2,1-2H3,(H,24,25)(H2,21,22,26). The van der Waals surface area contributed by atoms with Crippen LogP contribution in [-0.4, -0.2) is 58.2 Å². The highest BCUT2D eigenvalue weighted by molar-refractivity contribution is 5.74. The molecule has 1 aliphatic rings. The van der Waals surface area contributed by atoms with Gasteiger partial charge in [0.1, 0.15) is 0 Å². The number of likely N-dealkylation sites (N-methyl/N-ethyl adjacent to an activating group) is 1. The summed E-state index contributed by atoms with van der Waals surface area (Å²) >= 11 is 0. The highest BCUT2D eigenvalue weighted by Gasteiger charge is 2.34. The molecule has 1 saturated carbocycles. The number of urea groups is 1. The van der Waals surface area contributed by atoms with E-state index in [9.17, 15) is 9.59 Å². The lowest BCUT2D eigenvalue weighted by atomic mass is 9.85. The maximum absolute atomic E-state index is 12.1. The van der Waals surface area contributed by atoms with Gasteiger partial charge in [-0.3, -0.25) is 14.7 Å². The Balaban J connectivity index is 1.59. The number of rotatable bonds is 10. The van der Waals surface area contributed by atoms with Crippen molar-refractivity contribution < 1.29 is 14.7 Å². The first-order valence-corrected chi connectivity index (χ1v) is 9.39. The van der Waals surface area contributed by atoms with Gasteiger partial charge in [0.05, 0.1) is 6.54 Å². The van der Waals surface area contributed by atoms with E-state index in [1.54, 1.807) is 6.20 Å². The molecule has 144 valence electrons. The Morgan fingerprint density at radius 2 is 2.19 bits per heavy atom.